The third-order valence-electron chi connectivity index (χ3n) is 4.67. The van der Waals surface area contributed by atoms with Crippen molar-refractivity contribution in [3.63, 3.8) is 0 Å². The number of benzene rings is 1. The van der Waals surface area contributed by atoms with Crippen LogP contribution < -0.4 is 16.2 Å². The zero-order valence-electron chi connectivity index (χ0n) is 17.0. The fourth-order valence-corrected chi connectivity index (χ4v) is 4.36. The summed E-state index contributed by atoms with van der Waals surface area (Å²) in [6.07, 6.45) is -2.06. The molecule has 1 aromatic heterocycles. The quantitative estimate of drug-likeness (QED) is 0.547. The highest BCUT2D eigenvalue weighted by molar-refractivity contribution is 7.99. The maximum absolute atomic E-state index is 13.4. The highest BCUT2D eigenvalue weighted by Gasteiger charge is 2.25. The molecule has 1 aliphatic rings. The van der Waals surface area contributed by atoms with Gasteiger partial charge < -0.3 is 10.2 Å². The fraction of sp³-hybridized carbons (Fsp3) is 0.300. The number of pyridine rings is 1. The molecule has 8 nitrogen and oxygen atoms in total. The molecule has 4 amide bonds. The third-order valence-corrected chi connectivity index (χ3v) is 6.21. The van der Waals surface area contributed by atoms with Crippen LogP contribution in [0.25, 0.3) is 0 Å². The number of hydrogen-bond donors (Lipinski definition) is 3. The number of hydrogen-bond acceptors (Lipinski definition) is 5. The van der Waals surface area contributed by atoms with E-state index >= 15 is 0 Å². The second-order valence-corrected chi connectivity index (χ2v) is 8.64. The first-order valence-corrected chi connectivity index (χ1v) is 11.1. The van der Waals surface area contributed by atoms with E-state index < -0.39 is 24.1 Å². The molecule has 1 fully saturated rings. The van der Waals surface area contributed by atoms with Crippen molar-refractivity contribution in [3.05, 3.63) is 64.2 Å². The molecular weight excluding hydrogens is 483 g/mol. The van der Waals surface area contributed by atoms with E-state index in [1.807, 2.05) is 5.43 Å². The summed E-state index contributed by atoms with van der Waals surface area (Å²) < 4.78 is 37.7. The van der Waals surface area contributed by atoms with Crippen molar-refractivity contribution in [1.82, 2.24) is 26.1 Å². The van der Waals surface area contributed by atoms with Gasteiger partial charge in [-0.2, -0.15) is 20.5 Å². The Labute approximate surface area is 196 Å². The van der Waals surface area contributed by atoms with Gasteiger partial charge in [-0.05, 0) is 29.8 Å². The molecule has 2 aromatic rings. The Morgan fingerprint density at radius 2 is 2.00 bits per heavy atom. The van der Waals surface area contributed by atoms with Gasteiger partial charge in [0.15, 0.2) is 0 Å². The van der Waals surface area contributed by atoms with Crippen LogP contribution in [0.3, 0.4) is 0 Å². The summed E-state index contributed by atoms with van der Waals surface area (Å²) >= 11 is 7.52. The Morgan fingerprint density at radius 1 is 1.21 bits per heavy atom. The van der Waals surface area contributed by atoms with Crippen LogP contribution in [0.2, 0.25) is 5.02 Å². The lowest BCUT2D eigenvalue weighted by atomic mass is 10.1. The van der Waals surface area contributed by atoms with Crippen molar-refractivity contribution >= 4 is 41.2 Å². The molecule has 0 aliphatic carbocycles. The fourth-order valence-electron chi connectivity index (χ4n) is 2.93. The number of nitrogens with one attached hydrogen (secondary N) is 3. The van der Waals surface area contributed by atoms with Crippen LogP contribution in [0.5, 0.6) is 0 Å². The van der Waals surface area contributed by atoms with Crippen molar-refractivity contribution in [2.75, 3.05) is 18.8 Å². The summed E-state index contributed by atoms with van der Waals surface area (Å²) in [6, 6.07) is 7.09. The standard InChI is InChI=1S/C20H19ClF3N5O3S/c21-14-7-11(2-4-15(14)22)16-10-29(5-6-33-16)20(32)26-9-13-3-1-12(8-25-13)18(30)27-28-19(31)17(23)24/h1-4,7-8,16-17H,5-6,9-10H2,(H,26,32)(H,27,30)(H,28,31). The summed E-state index contributed by atoms with van der Waals surface area (Å²) in [5, 5.41) is 2.75. The number of alkyl halides is 2. The second kappa shape index (κ2) is 11.2. The van der Waals surface area contributed by atoms with Gasteiger partial charge in [0.2, 0.25) is 0 Å². The topological polar surface area (TPSA) is 103 Å². The molecule has 1 aromatic carbocycles. The summed E-state index contributed by atoms with van der Waals surface area (Å²) in [5.74, 6) is -2.23. The van der Waals surface area contributed by atoms with Crippen LogP contribution in [0, 0.1) is 5.82 Å². The van der Waals surface area contributed by atoms with E-state index in [1.54, 1.807) is 34.2 Å². The molecule has 0 radical (unpaired) electrons. The van der Waals surface area contributed by atoms with Gasteiger partial charge in [0, 0.05) is 30.3 Å². The van der Waals surface area contributed by atoms with Crippen molar-refractivity contribution in [3.8, 4) is 0 Å². The Morgan fingerprint density at radius 3 is 2.67 bits per heavy atom. The van der Waals surface area contributed by atoms with E-state index in [0.717, 1.165) is 5.56 Å². The van der Waals surface area contributed by atoms with Crippen LogP contribution in [-0.2, 0) is 11.3 Å². The lowest BCUT2D eigenvalue weighted by molar-refractivity contribution is -0.132. The minimum atomic E-state index is -3.25. The first-order chi connectivity index (χ1) is 15.7. The summed E-state index contributed by atoms with van der Waals surface area (Å²) in [4.78, 5) is 40.9. The zero-order chi connectivity index (χ0) is 24.0. The number of carbonyl (C=O) groups excluding carboxylic acids is 3. The van der Waals surface area contributed by atoms with Gasteiger partial charge in [0.25, 0.3) is 5.91 Å². The van der Waals surface area contributed by atoms with Crippen molar-refractivity contribution < 1.29 is 27.6 Å². The maximum Gasteiger partial charge on any atom is 0.317 e. The Kier molecular flexibility index (Phi) is 8.39. The number of aromatic nitrogens is 1. The molecule has 3 N–H and O–H groups in total. The minimum absolute atomic E-state index is 0.0356. The molecule has 1 unspecified atom stereocenters. The lowest BCUT2D eigenvalue weighted by Gasteiger charge is -2.32. The molecule has 33 heavy (non-hydrogen) atoms. The number of rotatable bonds is 5. The smallest absolute Gasteiger partial charge is 0.317 e. The number of carbonyl (C=O) groups is 3. The average Bonchev–Trinajstić information content (AvgIpc) is 2.82. The highest BCUT2D eigenvalue weighted by Crippen LogP contribution is 2.34. The van der Waals surface area contributed by atoms with E-state index in [-0.39, 0.29) is 28.4 Å². The number of halogens is 4. The van der Waals surface area contributed by atoms with Gasteiger partial charge in [-0.25, -0.2) is 9.18 Å². The van der Waals surface area contributed by atoms with Crippen molar-refractivity contribution in [2.45, 2.75) is 18.2 Å². The minimum Gasteiger partial charge on any atom is -0.332 e. The van der Waals surface area contributed by atoms with Gasteiger partial charge in [-0.3, -0.25) is 25.4 Å². The lowest BCUT2D eigenvalue weighted by Crippen LogP contribution is -2.45. The van der Waals surface area contributed by atoms with E-state index in [0.29, 0.717) is 24.5 Å². The molecule has 1 aliphatic heterocycles. The predicted octanol–water partition coefficient (Wildman–Crippen LogP) is 2.90. The first kappa shape index (κ1) is 24.6. The van der Waals surface area contributed by atoms with Crippen LogP contribution >= 0.6 is 23.4 Å². The van der Waals surface area contributed by atoms with Gasteiger partial charge in [-0.15, -0.1) is 0 Å². The molecule has 0 bridgehead atoms. The second-order valence-electron chi connectivity index (χ2n) is 6.92. The highest BCUT2D eigenvalue weighted by atomic mass is 35.5. The molecule has 1 atom stereocenters. The van der Waals surface area contributed by atoms with Crippen LogP contribution in [0.15, 0.2) is 36.5 Å². The van der Waals surface area contributed by atoms with Crippen molar-refractivity contribution in [2.24, 2.45) is 0 Å². The Hall–Kier alpha value is -2.99. The number of amides is 4. The van der Waals surface area contributed by atoms with Gasteiger partial charge in [0.05, 0.1) is 22.8 Å². The molecule has 2 heterocycles. The van der Waals surface area contributed by atoms with Gasteiger partial charge in [-0.1, -0.05) is 17.7 Å². The number of thioether (sulfide) groups is 1. The predicted molar refractivity (Wildman–Crippen MR) is 116 cm³/mol. The van der Waals surface area contributed by atoms with Crippen LogP contribution in [-0.4, -0.2) is 53.0 Å². The zero-order valence-corrected chi connectivity index (χ0v) is 18.6. The molecule has 13 heteroatoms. The normalized spacial score (nSPS) is 15.8. The molecule has 0 saturated carbocycles. The third kappa shape index (κ3) is 6.75. The van der Waals surface area contributed by atoms with Gasteiger partial charge in [0.1, 0.15) is 5.82 Å². The summed E-state index contributed by atoms with van der Waals surface area (Å²) in [6.45, 7) is 1.06. The average molecular weight is 502 g/mol. The number of nitrogens with zero attached hydrogens (tertiary/aromatic N) is 2. The number of urea groups is 1. The SMILES string of the molecule is O=C(NNC(=O)C(F)F)c1ccc(CNC(=O)N2CCSC(c3ccc(F)c(Cl)c3)C2)nc1. The van der Waals surface area contributed by atoms with E-state index in [1.165, 1.54) is 24.4 Å². The molecule has 0 spiro atoms. The number of hydrazine groups is 1. The Bertz CT molecular complexity index is 1030. The molecule has 3 rings (SSSR count). The Balaban J connectivity index is 1.50. The maximum atomic E-state index is 13.4. The molecular formula is C20H19ClF3N5O3S. The van der Waals surface area contributed by atoms with E-state index in [9.17, 15) is 27.6 Å². The van der Waals surface area contributed by atoms with Crippen molar-refractivity contribution in [1.29, 1.82) is 0 Å². The van der Waals surface area contributed by atoms with Gasteiger partial charge >= 0.3 is 18.4 Å². The molecule has 1 saturated heterocycles. The van der Waals surface area contributed by atoms with E-state index in [2.05, 4.69) is 10.3 Å². The van der Waals surface area contributed by atoms with Crippen LogP contribution in [0.4, 0.5) is 18.0 Å². The largest absolute Gasteiger partial charge is 0.332 e. The van der Waals surface area contributed by atoms with Crippen LogP contribution in [0.1, 0.15) is 26.9 Å². The molecule has 176 valence electrons. The summed E-state index contributed by atoms with van der Waals surface area (Å²) in [7, 11) is 0. The summed E-state index contributed by atoms with van der Waals surface area (Å²) in [5.41, 5.74) is 4.77. The first-order valence-electron chi connectivity index (χ1n) is 9.67. The van der Waals surface area contributed by atoms with E-state index in [4.69, 9.17) is 11.6 Å². The monoisotopic (exact) mass is 501 g/mol.